The lowest BCUT2D eigenvalue weighted by molar-refractivity contribution is -0.255. The van der Waals surface area contributed by atoms with E-state index in [1.54, 1.807) is 18.1 Å². The van der Waals surface area contributed by atoms with Crippen molar-refractivity contribution in [3.8, 4) is 11.5 Å². The van der Waals surface area contributed by atoms with Crippen LogP contribution in [0.25, 0.3) is 0 Å². The van der Waals surface area contributed by atoms with E-state index in [-0.39, 0.29) is 49.6 Å². The maximum Gasteiger partial charge on any atom is 0.410 e. The van der Waals surface area contributed by atoms with E-state index in [0.717, 1.165) is 53.9 Å². The lowest BCUT2D eigenvalue weighted by Crippen LogP contribution is -2.70. The summed E-state index contributed by atoms with van der Waals surface area (Å²) in [5.74, 6) is -0.270. The molecule has 5 rings (SSSR count). The number of pyridine rings is 1. The van der Waals surface area contributed by atoms with E-state index in [1.807, 2.05) is 65.0 Å². The molecule has 1 fully saturated rings. The van der Waals surface area contributed by atoms with Crippen molar-refractivity contribution in [3.05, 3.63) is 77.7 Å². The third kappa shape index (κ3) is 9.91. The fourth-order valence-electron chi connectivity index (χ4n) is 8.66. The first-order valence-electron chi connectivity index (χ1n) is 20.1. The van der Waals surface area contributed by atoms with Crippen molar-refractivity contribution in [1.82, 2.24) is 9.88 Å². The Bertz CT molecular complexity index is 1650. The lowest BCUT2D eigenvalue weighted by Gasteiger charge is -2.60. The fraction of sp³-hybridized carbons (Fsp3) is 0.614. The van der Waals surface area contributed by atoms with E-state index in [2.05, 4.69) is 28.9 Å². The molecule has 1 aromatic heterocycles. The zero-order valence-corrected chi connectivity index (χ0v) is 33.8. The number of carbonyl (C=O) groups is 1. The Morgan fingerprint density at radius 1 is 1.13 bits per heavy atom. The highest BCUT2D eigenvalue weighted by Gasteiger charge is 2.65. The zero-order valence-electron chi connectivity index (χ0n) is 33.8. The molecule has 1 amide bonds. The molecule has 6 atom stereocenters. The van der Waals surface area contributed by atoms with E-state index in [1.165, 1.54) is 0 Å². The van der Waals surface area contributed by atoms with Crippen molar-refractivity contribution in [2.24, 2.45) is 28.3 Å². The normalized spacial score (nSPS) is 24.9. The van der Waals surface area contributed by atoms with Gasteiger partial charge in [0.05, 0.1) is 30.5 Å². The van der Waals surface area contributed by atoms with Crippen LogP contribution in [-0.4, -0.2) is 83.8 Å². The number of amides is 1. The summed E-state index contributed by atoms with van der Waals surface area (Å²) < 4.78 is 26.7. The Hall–Kier alpha value is -3.93. The minimum atomic E-state index is -1.33. The van der Waals surface area contributed by atoms with Crippen molar-refractivity contribution in [2.45, 2.75) is 110 Å². The molecular weight excluding hydrogens is 698 g/mol. The van der Waals surface area contributed by atoms with Crippen LogP contribution in [-0.2, 0) is 20.9 Å². The van der Waals surface area contributed by atoms with E-state index in [4.69, 9.17) is 23.8 Å². The van der Waals surface area contributed by atoms with Gasteiger partial charge in [0.1, 0.15) is 31.3 Å². The minimum Gasteiger partial charge on any atom is -0.487 e. The number of hydrogen-bond acceptors (Lipinski definition) is 10. The Morgan fingerprint density at radius 3 is 2.56 bits per heavy atom. The SMILES string of the molecule is C=CCO[C@@]12Oc3ccc(OCc4cccc(C)n4)cc3[C@H]3[C@H](CCCCO)[C@@H](CCCCO)C=C(C(=NOC)C[C@@H]1N(CCC)C(=O)OCC(C)(C)C)[C@H]32. The molecule has 0 radical (unpaired) electrons. The van der Waals surface area contributed by atoms with E-state index in [9.17, 15) is 15.0 Å². The summed E-state index contributed by atoms with van der Waals surface area (Å²) in [5.41, 5.74) is 4.27. The van der Waals surface area contributed by atoms with Crippen molar-refractivity contribution >= 4 is 11.8 Å². The van der Waals surface area contributed by atoms with Crippen LogP contribution in [0.3, 0.4) is 0 Å². The number of carbonyl (C=O) groups excluding carboxylic acids is 1. The molecule has 11 nitrogen and oxygen atoms in total. The highest BCUT2D eigenvalue weighted by atomic mass is 16.7. The van der Waals surface area contributed by atoms with Crippen LogP contribution in [0.2, 0.25) is 0 Å². The topological polar surface area (TPSA) is 132 Å². The number of rotatable bonds is 19. The summed E-state index contributed by atoms with van der Waals surface area (Å²) in [6, 6.07) is 11.3. The van der Waals surface area contributed by atoms with Gasteiger partial charge in [-0.1, -0.05) is 63.9 Å². The number of aliphatic hydroxyl groups is 2. The van der Waals surface area contributed by atoms with Crippen molar-refractivity contribution < 1.29 is 38.8 Å². The van der Waals surface area contributed by atoms with Gasteiger partial charge in [-0.2, -0.15) is 0 Å². The van der Waals surface area contributed by atoms with Crippen LogP contribution in [0.5, 0.6) is 11.5 Å². The maximum absolute atomic E-state index is 14.2. The number of allylic oxidation sites excluding steroid dienone is 1. The number of oxime groups is 1. The quantitative estimate of drug-likeness (QED) is 0.0828. The molecule has 3 aliphatic rings. The molecule has 0 bridgehead atoms. The average molecular weight is 762 g/mol. The van der Waals surface area contributed by atoms with Crippen LogP contribution < -0.4 is 9.47 Å². The van der Waals surface area contributed by atoms with Gasteiger partial charge in [0.15, 0.2) is 0 Å². The molecule has 11 heteroatoms. The van der Waals surface area contributed by atoms with E-state index < -0.39 is 23.8 Å². The number of benzene rings is 1. The van der Waals surface area contributed by atoms with Gasteiger partial charge in [0.25, 0.3) is 0 Å². The smallest absolute Gasteiger partial charge is 0.410 e. The van der Waals surface area contributed by atoms with E-state index in [0.29, 0.717) is 50.3 Å². The predicted molar refractivity (Wildman–Crippen MR) is 213 cm³/mol. The Morgan fingerprint density at radius 2 is 1.89 bits per heavy atom. The number of fused-ring (bicyclic) bond motifs is 2. The lowest BCUT2D eigenvalue weighted by atomic mass is 9.55. The monoisotopic (exact) mass is 761 g/mol. The molecule has 2 aromatic rings. The molecule has 1 aromatic carbocycles. The van der Waals surface area contributed by atoms with Crippen LogP contribution >= 0.6 is 0 Å². The highest BCUT2D eigenvalue weighted by Crippen LogP contribution is 2.62. The molecule has 302 valence electrons. The van der Waals surface area contributed by atoms with Crippen LogP contribution in [0.1, 0.15) is 102 Å². The summed E-state index contributed by atoms with van der Waals surface area (Å²) in [5, 5.41) is 24.3. The Balaban J connectivity index is 1.72. The first-order chi connectivity index (χ1) is 26.5. The number of aryl methyl sites for hydroxylation is 1. The number of hydrogen-bond donors (Lipinski definition) is 2. The third-order valence-corrected chi connectivity index (χ3v) is 10.9. The number of unbranched alkanes of at least 4 members (excludes halogenated alkanes) is 2. The van der Waals surface area contributed by atoms with E-state index >= 15 is 0 Å². The summed E-state index contributed by atoms with van der Waals surface area (Å²) in [7, 11) is 1.55. The minimum absolute atomic E-state index is 0.108. The number of nitrogens with zero attached hydrogens (tertiary/aromatic N) is 3. The van der Waals surface area contributed by atoms with Gasteiger partial charge in [-0.25, -0.2) is 4.79 Å². The molecule has 55 heavy (non-hydrogen) atoms. The highest BCUT2D eigenvalue weighted by molar-refractivity contribution is 6.02. The summed E-state index contributed by atoms with van der Waals surface area (Å²) in [4.78, 5) is 26.2. The van der Waals surface area contributed by atoms with Gasteiger partial charge in [-0.05, 0) is 92.2 Å². The summed E-state index contributed by atoms with van der Waals surface area (Å²) in [6.45, 7) is 15.6. The largest absolute Gasteiger partial charge is 0.487 e. The van der Waals surface area contributed by atoms with Gasteiger partial charge in [-0.15, -0.1) is 6.58 Å². The molecule has 0 saturated heterocycles. The first-order valence-corrected chi connectivity index (χ1v) is 20.1. The molecule has 2 heterocycles. The standard InChI is InChI=1S/C44H63N3O8/c1-8-21-47(42(50)53-29-43(4,5)6)39-27-37(46-51-7)35-25-31(16-10-12-22-48)34(18-11-13-23-49)40-36-26-33(52-28-32-17-14-15-30(3)45-32)19-20-38(36)55-44(39,41(35)40)54-24-9-2/h9,14-15,17,19-20,25-26,31,34,39-41,48-49H,2,8,10-13,16,18,21-24,27-29H2,1,3-7H3/t31-,34+,39-,40+,41+,44+/m0/s1. The predicted octanol–water partition coefficient (Wildman–Crippen LogP) is 8.13. The molecular formula is C44H63N3O8. The molecule has 0 unspecified atom stereocenters. The van der Waals surface area contributed by atoms with Gasteiger partial charge < -0.3 is 34.0 Å². The molecule has 2 aliphatic carbocycles. The molecule has 1 aliphatic heterocycles. The first kappa shape index (κ1) is 42.2. The fourth-order valence-corrected chi connectivity index (χ4v) is 8.66. The van der Waals surface area contributed by atoms with Gasteiger partial charge in [-0.3, -0.25) is 9.88 Å². The van der Waals surface area contributed by atoms with Crippen LogP contribution in [0.15, 0.2) is 65.9 Å². The average Bonchev–Trinajstić information content (AvgIpc) is 3.16. The zero-order chi connectivity index (χ0) is 39.6. The molecule has 0 spiro atoms. The van der Waals surface area contributed by atoms with Gasteiger partial charge >= 0.3 is 6.09 Å². The number of ether oxygens (including phenoxy) is 4. The van der Waals surface area contributed by atoms with Crippen molar-refractivity contribution in [1.29, 1.82) is 0 Å². The molecule has 2 N–H and O–H groups in total. The van der Waals surface area contributed by atoms with Gasteiger partial charge in [0.2, 0.25) is 5.79 Å². The van der Waals surface area contributed by atoms with Crippen molar-refractivity contribution in [3.63, 3.8) is 0 Å². The summed E-state index contributed by atoms with van der Waals surface area (Å²) in [6.07, 6.45) is 9.44. The third-order valence-electron chi connectivity index (χ3n) is 10.9. The number of aromatic nitrogens is 1. The van der Waals surface area contributed by atoms with Crippen LogP contribution in [0.4, 0.5) is 4.79 Å². The number of aliphatic hydroxyl groups excluding tert-OH is 2. The molecule has 1 saturated carbocycles. The van der Waals surface area contributed by atoms with Crippen LogP contribution in [0, 0.1) is 30.1 Å². The second kappa shape index (κ2) is 19.3. The van der Waals surface area contributed by atoms with Crippen molar-refractivity contribution in [2.75, 3.05) is 40.1 Å². The summed E-state index contributed by atoms with van der Waals surface area (Å²) >= 11 is 0. The Kier molecular flexibility index (Phi) is 14.8. The second-order valence-corrected chi connectivity index (χ2v) is 16.3. The Labute approximate surface area is 327 Å². The second-order valence-electron chi connectivity index (χ2n) is 16.3. The maximum atomic E-state index is 14.2. The van der Waals surface area contributed by atoms with Gasteiger partial charge in [0, 0.05) is 43.4 Å².